The minimum Gasteiger partial charge on any atom is -0.481 e. The molecule has 21 heavy (non-hydrogen) atoms. The van der Waals surface area contributed by atoms with E-state index in [9.17, 15) is 4.79 Å². The van der Waals surface area contributed by atoms with Crippen LogP contribution in [0, 0.1) is 0 Å². The summed E-state index contributed by atoms with van der Waals surface area (Å²) in [6, 6.07) is 9.94. The first-order valence-electron chi connectivity index (χ1n) is 6.90. The molecule has 0 spiro atoms. The Hall–Kier alpha value is -2.56. The third-order valence-corrected chi connectivity index (χ3v) is 3.74. The molecule has 0 atom stereocenters. The fourth-order valence-corrected chi connectivity index (χ4v) is 2.69. The number of aliphatic carboxylic acids is 1. The van der Waals surface area contributed by atoms with Gasteiger partial charge in [0.25, 0.3) is 0 Å². The fraction of sp³-hybridized carbons (Fsp3) is 0.250. The zero-order chi connectivity index (χ0) is 14.8. The molecule has 1 N–H and O–H groups in total. The van der Waals surface area contributed by atoms with Crippen LogP contribution in [0.3, 0.4) is 0 Å². The van der Waals surface area contributed by atoms with E-state index >= 15 is 0 Å². The number of benzene rings is 1. The molecule has 0 radical (unpaired) electrons. The van der Waals surface area contributed by atoms with E-state index in [1.165, 1.54) is 0 Å². The number of rotatable bonds is 5. The lowest BCUT2D eigenvalue weighted by molar-refractivity contribution is -0.136. The van der Waals surface area contributed by atoms with Crippen LogP contribution in [0.4, 0.5) is 0 Å². The fourth-order valence-electron chi connectivity index (χ4n) is 2.69. The minimum absolute atomic E-state index is 0.0548. The van der Waals surface area contributed by atoms with E-state index in [-0.39, 0.29) is 6.42 Å². The van der Waals surface area contributed by atoms with E-state index in [0.29, 0.717) is 0 Å². The molecule has 5 heteroatoms. The molecular formula is C16H17N3O2. The third-order valence-electron chi connectivity index (χ3n) is 3.74. The normalized spacial score (nSPS) is 11.1. The zero-order valence-corrected chi connectivity index (χ0v) is 11.9. The van der Waals surface area contributed by atoms with Crippen LogP contribution >= 0.6 is 0 Å². The SMILES string of the molecule is Cn1nccc1CCn1cc(CC(=O)O)c2ccccc21. The Morgan fingerprint density at radius 2 is 2.10 bits per heavy atom. The van der Waals surface area contributed by atoms with Crippen LogP contribution in [0.15, 0.2) is 42.7 Å². The van der Waals surface area contributed by atoms with Gasteiger partial charge in [-0.15, -0.1) is 0 Å². The summed E-state index contributed by atoms with van der Waals surface area (Å²) in [5.41, 5.74) is 3.10. The average molecular weight is 283 g/mol. The second kappa shape index (κ2) is 5.44. The van der Waals surface area contributed by atoms with Gasteiger partial charge in [0.05, 0.1) is 6.42 Å². The van der Waals surface area contributed by atoms with Crippen molar-refractivity contribution in [1.29, 1.82) is 0 Å². The second-order valence-electron chi connectivity index (χ2n) is 5.13. The molecule has 5 nitrogen and oxygen atoms in total. The molecule has 108 valence electrons. The van der Waals surface area contributed by atoms with Crippen molar-refractivity contribution in [3.05, 3.63) is 54.0 Å². The highest BCUT2D eigenvalue weighted by molar-refractivity contribution is 5.87. The zero-order valence-electron chi connectivity index (χ0n) is 11.9. The van der Waals surface area contributed by atoms with Crippen LogP contribution in [0.25, 0.3) is 10.9 Å². The van der Waals surface area contributed by atoms with Gasteiger partial charge in [0.2, 0.25) is 0 Å². The van der Waals surface area contributed by atoms with Gasteiger partial charge < -0.3 is 9.67 Å². The Kier molecular flexibility index (Phi) is 3.48. The number of hydrogen-bond acceptors (Lipinski definition) is 2. The first-order valence-corrected chi connectivity index (χ1v) is 6.90. The number of para-hydroxylation sites is 1. The van der Waals surface area contributed by atoms with E-state index in [1.807, 2.05) is 48.3 Å². The molecule has 0 aliphatic rings. The van der Waals surface area contributed by atoms with E-state index in [1.54, 1.807) is 6.20 Å². The maximum Gasteiger partial charge on any atom is 0.307 e. The number of hydrogen-bond donors (Lipinski definition) is 1. The monoisotopic (exact) mass is 283 g/mol. The van der Waals surface area contributed by atoms with Crippen molar-refractivity contribution in [2.45, 2.75) is 19.4 Å². The number of aromatic nitrogens is 3. The quantitative estimate of drug-likeness (QED) is 0.781. The van der Waals surface area contributed by atoms with Gasteiger partial charge in [0, 0.05) is 49.0 Å². The molecule has 3 rings (SSSR count). The van der Waals surface area contributed by atoms with E-state index < -0.39 is 5.97 Å². The first kappa shape index (κ1) is 13.4. The van der Waals surface area contributed by atoms with Gasteiger partial charge in [0.1, 0.15) is 0 Å². The van der Waals surface area contributed by atoms with Crippen molar-refractivity contribution in [2.75, 3.05) is 0 Å². The summed E-state index contributed by atoms with van der Waals surface area (Å²) in [7, 11) is 1.93. The predicted octanol–water partition coefficient (Wildman–Crippen LogP) is 2.24. The summed E-state index contributed by atoms with van der Waals surface area (Å²) in [5.74, 6) is -0.801. The number of carboxylic acid groups (broad SMARTS) is 1. The molecule has 3 aromatic rings. The number of fused-ring (bicyclic) bond motifs is 1. The summed E-state index contributed by atoms with van der Waals surface area (Å²) in [6.45, 7) is 0.805. The number of carboxylic acids is 1. The largest absolute Gasteiger partial charge is 0.481 e. The molecule has 0 amide bonds. The van der Waals surface area contributed by atoms with Crippen LogP contribution in [0.1, 0.15) is 11.3 Å². The molecule has 0 unspecified atom stereocenters. The summed E-state index contributed by atoms with van der Waals surface area (Å²) in [6.07, 6.45) is 4.66. The molecule has 1 aromatic carbocycles. The molecule has 0 saturated carbocycles. The van der Waals surface area contributed by atoms with Crippen molar-refractivity contribution < 1.29 is 9.90 Å². The molecule has 2 aromatic heterocycles. The Labute approximate surface area is 122 Å². The number of carbonyl (C=O) groups is 1. The maximum atomic E-state index is 11.0. The van der Waals surface area contributed by atoms with Crippen LogP contribution in [0.5, 0.6) is 0 Å². The van der Waals surface area contributed by atoms with Crippen molar-refractivity contribution >= 4 is 16.9 Å². The van der Waals surface area contributed by atoms with Gasteiger partial charge in [-0.3, -0.25) is 9.48 Å². The summed E-state index contributed by atoms with van der Waals surface area (Å²) >= 11 is 0. The Morgan fingerprint density at radius 3 is 2.81 bits per heavy atom. The van der Waals surface area contributed by atoms with Crippen LogP contribution in [-0.2, 0) is 31.2 Å². The van der Waals surface area contributed by atoms with E-state index in [0.717, 1.165) is 35.1 Å². The molecule has 2 heterocycles. The van der Waals surface area contributed by atoms with Gasteiger partial charge in [-0.05, 0) is 17.7 Å². The molecular weight excluding hydrogens is 266 g/mol. The van der Waals surface area contributed by atoms with Gasteiger partial charge in [-0.25, -0.2) is 0 Å². The standard InChI is InChI=1S/C16H17N3O2/c1-18-13(6-8-17-18)7-9-19-11-12(10-16(20)21)14-4-2-3-5-15(14)19/h2-6,8,11H,7,9-10H2,1H3,(H,20,21). The Bertz CT molecular complexity index is 786. The third kappa shape index (κ3) is 2.67. The lowest BCUT2D eigenvalue weighted by Crippen LogP contribution is -2.04. The first-order chi connectivity index (χ1) is 10.1. The average Bonchev–Trinajstić information content (AvgIpc) is 3.01. The maximum absolute atomic E-state index is 11.0. The second-order valence-corrected chi connectivity index (χ2v) is 5.13. The molecule has 0 saturated heterocycles. The Balaban J connectivity index is 1.91. The van der Waals surface area contributed by atoms with Crippen molar-refractivity contribution in [1.82, 2.24) is 14.3 Å². The highest BCUT2D eigenvalue weighted by atomic mass is 16.4. The number of aryl methyl sites for hydroxylation is 3. The lowest BCUT2D eigenvalue weighted by Gasteiger charge is -2.05. The van der Waals surface area contributed by atoms with E-state index in [2.05, 4.69) is 9.67 Å². The van der Waals surface area contributed by atoms with Crippen molar-refractivity contribution in [2.24, 2.45) is 7.05 Å². The molecule has 0 aliphatic heterocycles. The van der Waals surface area contributed by atoms with E-state index in [4.69, 9.17) is 5.11 Å². The Morgan fingerprint density at radius 1 is 1.29 bits per heavy atom. The highest BCUT2D eigenvalue weighted by Gasteiger charge is 2.11. The smallest absolute Gasteiger partial charge is 0.307 e. The molecule has 0 aliphatic carbocycles. The molecule has 0 fully saturated rings. The van der Waals surface area contributed by atoms with Gasteiger partial charge in [0.15, 0.2) is 0 Å². The lowest BCUT2D eigenvalue weighted by atomic mass is 10.1. The van der Waals surface area contributed by atoms with Crippen molar-refractivity contribution in [3.63, 3.8) is 0 Å². The summed E-state index contributed by atoms with van der Waals surface area (Å²) in [5, 5.41) is 14.2. The van der Waals surface area contributed by atoms with Gasteiger partial charge in [-0.1, -0.05) is 18.2 Å². The van der Waals surface area contributed by atoms with Gasteiger partial charge in [-0.2, -0.15) is 5.10 Å². The van der Waals surface area contributed by atoms with Crippen molar-refractivity contribution in [3.8, 4) is 0 Å². The topological polar surface area (TPSA) is 60.0 Å². The minimum atomic E-state index is -0.801. The number of nitrogens with zero attached hydrogens (tertiary/aromatic N) is 3. The molecule has 0 bridgehead atoms. The predicted molar refractivity (Wildman–Crippen MR) is 80.2 cm³/mol. The van der Waals surface area contributed by atoms with Crippen LogP contribution < -0.4 is 0 Å². The van der Waals surface area contributed by atoms with Crippen LogP contribution in [-0.4, -0.2) is 25.4 Å². The van der Waals surface area contributed by atoms with Crippen LogP contribution in [0.2, 0.25) is 0 Å². The summed E-state index contributed by atoms with van der Waals surface area (Å²) < 4.78 is 3.99. The van der Waals surface area contributed by atoms with Gasteiger partial charge >= 0.3 is 5.97 Å². The summed E-state index contributed by atoms with van der Waals surface area (Å²) in [4.78, 5) is 11.0. The highest BCUT2D eigenvalue weighted by Crippen LogP contribution is 2.22.